The maximum atomic E-state index is 14.9. The zero-order chi connectivity index (χ0) is 32.7. The second-order valence-corrected chi connectivity index (χ2v) is 14.8. The van der Waals surface area contributed by atoms with E-state index in [0.29, 0.717) is 24.3 Å². The van der Waals surface area contributed by atoms with Gasteiger partial charge in [0.1, 0.15) is 26.2 Å². The van der Waals surface area contributed by atoms with Crippen LogP contribution in [0.4, 0.5) is 30.2 Å². The van der Waals surface area contributed by atoms with Gasteiger partial charge in [0.25, 0.3) is 18.1 Å². The summed E-state index contributed by atoms with van der Waals surface area (Å²) in [6, 6.07) is 1.07. The fraction of sp³-hybridized carbons (Fsp3) is 0. The van der Waals surface area contributed by atoms with Crippen molar-refractivity contribution in [2.24, 2.45) is 0 Å². The summed E-state index contributed by atoms with van der Waals surface area (Å²) in [5.41, 5.74) is -2.14. The Kier molecular flexibility index (Phi) is 10.1. The highest BCUT2D eigenvalue weighted by Crippen LogP contribution is 2.42. The summed E-state index contributed by atoms with van der Waals surface area (Å²) in [6.45, 7) is 0. The average Bonchev–Trinajstić information content (AvgIpc) is 2.87. The predicted octanol–water partition coefficient (Wildman–Crippen LogP) is 6.86. The second-order valence-electron chi connectivity index (χ2n) is 7.82. The molecule has 0 saturated carbocycles. The molecule has 232 valence electrons. The molecule has 1 unspecified atom stereocenters. The van der Waals surface area contributed by atoms with E-state index in [1.54, 1.807) is 0 Å². The molecule has 3 aromatic carbocycles. The van der Waals surface area contributed by atoms with Gasteiger partial charge in [-0.3, -0.25) is 0 Å². The maximum Gasteiger partial charge on any atom is 0.344 e. The highest BCUT2D eigenvalue weighted by Gasteiger charge is 2.29. The van der Waals surface area contributed by atoms with Crippen LogP contribution in [0, 0.1) is 0 Å². The quantitative estimate of drug-likeness (QED) is 0.101. The normalized spacial score (nSPS) is 12.0. The number of benzene rings is 3. The van der Waals surface area contributed by atoms with Gasteiger partial charge in [-0.1, -0.05) is 24.3 Å². The first-order valence-electron chi connectivity index (χ1n) is 10.5. The van der Waals surface area contributed by atoms with Gasteiger partial charge >= 0.3 is 34.4 Å². The third kappa shape index (κ3) is 7.99. The molecule has 3 rings (SSSR count). The summed E-state index contributed by atoms with van der Waals surface area (Å²) in [6.07, 6.45) is -5.92. The van der Waals surface area contributed by atoms with Gasteiger partial charge in [-0.15, -0.1) is 13.1 Å². The minimum Gasteiger partial charge on any atom is -0.426 e. The van der Waals surface area contributed by atoms with Crippen LogP contribution in [0.2, 0.25) is 0 Å². The van der Waals surface area contributed by atoms with Gasteiger partial charge in [0.2, 0.25) is 0 Å². The Morgan fingerprint density at radius 1 is 0.651 bits per heavy atom. The van der Waals surface area contributed by atoms with Crippen molar-refractivity contribution in [1.82, 2.24) is 0 Å². The van der Waals surface area contributed by atoms with Gasteiger partial charge < -0.3 is 9.47 Å². The van der Waals surface area contributed by atoms with Crippen LogP contribution >= 0.6 is 30.6 Å². The van der Waals surface area contributed by atoms with Crippen LogP contribution in [0.1, 0.15) is 0 Å². The van der Waals surface area contributed by atoms with E-state index in [4.69, 9.17) is 21.4 Å². The first-order chi connectivity index (χ1) is 19.6. The average molecular weight is 733 g/mol. The van der Waals surface area contributed by atoms with Crippen LogP contribution in [-0.2, 0) is 28.3 Å². The van der Waals surface area contributed by atoms with Crippen molar-refractivity contribution in [1.29, 1.82) is 0 Å². The fourth-order valence-corrected chi connectivity index (χ4v) is 6.93. The number of halogens is 9. The van der Waals surface area contributed by atoms with Gasteiger partial charge in [-0.25, -0.2) is 16.8 Å². The summed E-state index contributed by atoms with van der Waals surface area (Å²) in [5.74, 6) is -2.12. The van der Waals surface area contributed by atoms with Crippen molar-refractivity contribution >= 4 is 64.2 Å². The Labute approximate surface area is 249 Å². The van der Waals surface area contributed by atoms with Crippen molar-refractivity contribution in [2.75, 3.05) is 0 Å². The van der Waals surface area contributed by atoms with Crippen molar-refractivity contribution in [3.05, 3.63) is 72.7 Å². The van der Waals surface area contributed by atoms with Crippen LogP contribution in [0.15, 0.2) is 87.4 Å². The molecule has 21 heteroatoms. The lowest BCUT2D eigenvalue weighted by atomic mass is 9.98. The highest BCUT2D eigenvalue weighted by molar-refractivity contribution is 8.14. The van der Waals surface area contributed by atoms with E-state index in [1.165, 1.54) is 0 Å². The summed E-state index contributed by atoms with van der Waals surface area (Å²) < 4.78 is 173. The first kappa shape index (κ1) is 34.6. The molecule has 0 aromatic heterocycles. The predicted molar refractivity (Wildman–Crippen MR) is 143 cm³/mol. The second kappa shape index (κ2) is 12.6. The largest absolute Gasteiger partial charge is 0.426 e. The molecule has 0 heterocycles. The van der Waals surface area contributed by atoms with Gasteiger partial charge in [-0.2, -0.15) is 34.8 Å². The van der Waals surface area contributed by atoms with Crippen molar-refractivity contribution < 1.29 is 65.0 Å². The standard InChI is InChI=1S/C22H10Cl2F7O8PS3/c23-41(32,33)15-7-9(1-4-12(15)38-21(29)19(25)26)11-3-6-14(40)17(18(11)43(31,36)37)10-2-5-13(39-22(30)20(27)28)16(8-10)42(24,34)35/h1-8H,40H2. The van der Waals surface area contributed by atoms with Crippen molar-refractivity contribution in [3.8, 4) is 33.8 Å². The number of rotatable bonds is 9. The van der Waals surface area contributed by atoms with Gasteiger partial charge in [0.15, 0.2) is 0 Å². The molecule has 0 amide bonds. The molecule has 0 aliphatic carbocycles. The maximum absolute atomic E-state index is 14.9. The minimum atomic E-state index is -5.83. The van der Waals surface area contributed by atoms with Gasteiger partial charge in [0.05, 0.1) is 0 Å². The molecule has 8 nitrogen and oxygen atoms in total. The molecule has 0 radical (unpaired) electrons. The fourth-order valence-electron chi connectivity index (χ4n) is 3.54. The topological polar surface area (TPSA) is 121 Å². The minimum absolute atomic E-state index is 0.136. The highest BCUT2D eigenvalue weighted by atomic mass is 35.7. The van der Waals surface area contributed by atoms with Crippen LogP contribution in [-0.4, -0.2) is 25.3 Å². The van der Waals surface area contributed by atoms with E-state index in [1.807, 2.05) is 9.24 Å². The summed E-state index contributed by atoms with van der Waals surface area (Å²) in [7, 11) is -3.03. The lowest BCUT2D eigenvalue weighted by molar-refractivity contribution is 0.237. The molecule has 0 N–H and O–H groups in total. The monoisotopic (exact) mass is 732 g/mol. The van der Waals surface area contributed by atoms with E-state index >= 15 is 0 Å². The van der Waals surface area contributed by atoms with E-state index in [-0.39, 0.29) is 5.30 Å². The summed E-state index contributed by atoms with van der Waals surface area (Å²) in [5, 5.41) is -0.136. The summed E-state index contributed by atoms with van der Waals surface area (Å²) >= 11 is 0. The molecule has 0 bridgehead atoms. The van der Waals surface area contributed by atoms with Crippen molar-refractivity contribution in [2.45, 2.75) is 14.7 Å². The number of hydrogen-bond acceptors (Lipinski definition) is 8. The van der Waals surface area contributed by atoms with Crippen LogP contribution < -0.4 is 14.8 Å². The van der Waals surface area contributed by atoms with E-state index < -0.39 is 101 Å². The molecular weight excluding hydrogens is 723 g/mol. The first-order valence-corrected chi connectivity index (χ1v) is 17.0. The van der Waals surface area contributed by atoms with E-state index in [2.05, 4.69) is 9.47 Å². The lowest BCUT2D eigenvalue weighted by Crippen LogP contribution is -2.09. The SMILES string of the molecule is O=S(=O)(F)c1c(-c2ccc(OC(F)=C(F)F)c(S(=O)(=O)Cl)c2)ccc(P)c1-c1ccc(OC(F)=C(F)F)c(S(=O)(=O)Cl)c1. The zero-order valence-electron chi connectivity index (χ0n) is 20.1. The molecule has 43 heavy (non-hydrogen) atoms. The summed E-state index contributed by atoms with van der Waals surface area (Å²) in [4.78, 5) is -3.51. The molecule has 0 saturated heterocycles. The molecule has 0 fully saturated rings. The van der Waals surface area contributed by atoms with Crippen LogP contribution in [0.5, 0.6) is 11.5 Å². The van der Waals surface area contributed by atoms with E-state index in [9.17, 15) is 55.5 Å². The Morgan fingerprint density at radius 2 is 1.07 bits per heavy atom. The van der Waals surface area contributed by atoms with Gasteiger partial charge in [0, 0.05) is 32.5 Å². The van der Waals surface area contributed by atoms with Crippen molar-refractivity contribution in [3.63, 3.8) is 0 Å². The molecule has 0 aliphatic rings. The Balaban J connectivity index is 2.40. The molecule has 1 atom stereocenters. The third-order valence-corrected chi connectivity index (χ3v) is 9.22. The van der Waals surface area contributed by atoms with E-state index in [0.717, 1.165) is 24.3 Å². The smallest absolute Gasteiger partial charge is 0.344 e. The zero-order valence-corrected chi connectivity index (χ0v) is 25.2. The molecule has 0 aliphatic heterocycles. The number of ether oxygens (including phenoxy) is 2. The third-order valence-electron chi connectivity index (χ3n) is 5.14. The Morgan fingerprint density at radius 3 is 1.47 bits per heavy atom. The molecule has 3 aromatic rings. The number of hydrogen-bond donors (Lipinski definition) is 0. The van der Waals surface area contributed by atoms with Crippen LogP contribution in [0.3, 0.4) is 0 Å². The Bertz CT molecular complexity index is 2030. The molecular formula is C22H10Cl2F7O8PS3. The Hall–Kier alpha value is -2.89. The van der Waals surface area contributed by atoms with Crippen LogP contribution in [0.25, 0.3) is 22.3 Å². The van der Waals surface area contributed by atoms with Gasteiger partial charge in [-0.05, 0) is 40.7 Å². The lowest BCUT2D eigenvalue weighted by Gasteiger charge is -2.17. The molecule has 0 spiro atoms.